The molecule has 2 aromatic heterocycles. The molecule has 0 aliphatic carbocycles. The topological polar surface area (TPSA) is 52.8 Å². The summed E-state index contributed by atoms with van der Waals surface area (Å²) in [7, 11) is 0. The highest BCUT2D eigenvalue weighted by atomic mass is 79.9. The van der Waals surface area contributed by atoms with E-state index in [1.54, 1.807) is 22.5 Å². The lowest BCUT2D eigenvalue weighted by atomic mass is 10.3. The molecular formula is C17H16BrClN4OS. The smallest absolute Gasteiger partial charge is 0.175 e. The van der Waals surface area contributed by atoms with Crippen molar-refractivity contribution in [2.24, 2.45) is 0 Å². The first-order valence-corrected chi connectivity index (χ1v) is 9.76. The van der Waals surface area contributed by atoms with Crippen LogP contribution < -0.4 is 4.74 Å². The van der Waals surface area contributed by atoms with Gasteiger partial charge in [-0.15, -0.1) is 22.0 Å². The number of hydrogen-bond donors (Lipinski definition) is 0. The minimum absolute atomic E-state index is 0.561. The monoisotopic (exact) mass is 438 g/mol. The number of halogens is 2. The number of ether oxygens (including phenoxy) is 1. The Hall–Kier alpha value is -1.57. The van der Waals surface area contributed by atoms with Crippen molar-refractivity contribution in [3.05, 3.63) is 57.3 Å². The second-order valence-corrected chi connectivity index (χ2v) is 7.75. The van der Waals surface area contributed by atoms with Gasteiger partial charge < -0.3 is 4.74 Å². The lowest BCUT2D eigenvalue weighted by molar-refractivity contribution is 0.342. The molecule has 0 bridgehead atoms. The van der Waals surface area contributed by atoms with Crippen LogP contribution in [0.3, 0.4) is 0 Å². The Morgan fingerprint density at radius 1 is 1.16 bits per heavy atom. The predicted molar refractivity (Wildman–Crippen MR) is 104 cm³/mol. The summed E-state index contributed by atoms with van der Waals surface area (Å²) in [6.45, 7) is 4.52. The van der Waals surface area contributed by atoms with Crippen LogP contribution in [-0.2, 0) is 0 Å². The van der Waals surface area contributed by atoms with Gasteiger partial charge in [-0.2, -0.15) is 5.10 Å². The van der Waals surface area contributed by atoms with E-state index in [1.807, 2.05) is 44.2 Å². The molecule has 0 saturated carbocycles. The number of nitrogens with zero attached hydrogens (tertiary/aromatic N) is 4. The van der Waals surface area contributed by atoms with Crippen molar-refractivity contribution in [1.29, 1.82) is 0 Å². The Labute approximate surface area is 163 Å². The normalized spacial score (nSPS) is 10.9. The molecule has 0 atom stereocenters. The Bertz CT molecular complexity index is 870. The van der Waals surface area contributed by atoms with Crippen molar-refractivity contribution in [3.8, 4) is 11.6 Å². The maximum absolute atomic E-state index is 5.92. The van der Waals surface area contributed by atoms with Crippen LogP contribution in [0.2, 0.25) is 5.02 Å². The highest BCUT2D eigenvalue weighted by molar-refractivity contribution is 9.10. The van der Waals surface area contributed by atoms with E-state index < -0.39 is 0 Å². The standard InChI is InChI=1S/C17H16BrClN4OS/c1-11-9-12(2)23(22-11)16-5-6-17(21-20-16)25-8-7-24-15-4-3-13(19)10-14(15)18/h3-6,9-10H,7-8H2,1-2H3. The molecule has 25 heavy (non-hydrogen) atoms. The zero-order chi connectivity index (χ0) is 17.8. The van der Waals surface area contributed by atoms with Crippen molar-refractivity contribution < 1.29 is 4.74 Å². The van der Waals surface area contributed by atoms with E-state index in [9.17, 15) is 0 Å². The van der Waals surface area contributed by atoms with Gasteiger partial charge in [-0.3, -0.25) is 0 Å². The van der Waals surface area contributed by atoms with Gasteiger partial charge in [0.2, 0.25) is 0 Å². The van der Waals surface area contributed by atoms with Crippen molar-refractivity contribution in [1.82, 2.24) is 20.0 Å². The summed E-state index contributed by atoms with van der Waals surface area (Å²) in [6.07, 6.45) is 0. The maximum Gasteiger partial charge on any atom is 0.175 e. The summed E-state index contributed by atoms with van der Waals surface area (Å²) in [5, 5.41) is 14.4. The zero-order valence-electron chi connectivity index (χ0n) is 13.7. The van der Waals surface area contributed by atoms with Crippen LogP contribution in [-0.4, -0.2) is 32.3 Å². The van der Waals surface area contributed by atoms with Crippen LogP contribution >= 0.6 is 39.3 Å². The second-order valence-electron chi connectivity index (χ2n) is 5.34. The van der Waals surface area contributed by atoms with Crippen LogP contribution in [0.15, 0.2) is 45.9 Å². The minimum Gasteiger partial charge on any atom is -0.492 e. The Morgan fingerprint density at radius 3 is 2.64 bits per heavy atom. The fourth-order valence-corrected chi connectivity index (χ4v) is 3.69. The second kappa shape index (κ2) is 8.21. The van der Waals surface area contributed by atoms with E-state index in [-0.39, 0.29) is 0 Å². The summed E-state index contributed by atoms with van der Waals surface area (Å²) in [4.78, 5) is 0. The summed E-state index contributed by atoms with van der Waals surface area (Å²) < 4.78 is 8.37. The third-order valence-corrected chi connectivity index (χ3v) is 5.08. The molecule has 0 fully saturated rings. The fraction of sp³-hybridized carbons (Fsp3) is 0.235. The molecule has 5 nitrogen and oxygen atoms in total. The van der Waals surface area contributed by atoms with Gasteiger partial charge in [0.15, 0.2) is 5.82 Å². The molecule has 0 unspecified atom stereocenters. The highest BCUT2D eigenvalue weighted by Crippen LogP contribution is 2.28. The van der Waals surface area contributed by atoms with Gasteiger partial charge in [0, 0.05) is 16.5 Å². The fourth-order valence-electron chi connectivity index (χ4n) is 2.25. The quantitative estimate of drug-likeness (QED) is 0.405. The van der Waals surface area contributed by atoms with E-state index in [2.05, 4.69) is 31.2 Å². The Kier molecular flexibility index (Phi) is 5.98. The first-order valence-electron chi connectivity index (χ1n) is 7.61. The highest BCUT2D eigenvalue weighted by Gasteiger charge is 2.06. The van der Waals surface area contributed by atoms with E-state index in [1.165, 1.54) is 0 Å². The third-order valence-electron chi connectivity index (χ3n) is 3.34. The summed E-state index contributed by atoms with van der Waals surface area (Å²) >= 11 is 10.9. The Balaban J connectivity index is 1.53. The molecule has 0 saturated heterocycles. The van der Waals surface area contributed by atoms with Crippen LogP contribution in [0.4, 0.5) is 0 Å². The van der Waals surface area contributed by atoms with Crippen molar-refractivity contribution in [2.75, 3.05) is 12.4 Å². The van der Waals surface area contributed by atoms with E-state index in [4.69, 9.17) is 16.3 Å². The number of benzene rings is 1. The molecular weight excluding hydrogens is 424 g/mol. The lowest BCUT2D eigenvalue weighted by Gasteiger charge is -2.08. The average molecular weight is 440 g/mol. The molecule has 3 aromatic rings. The van der Waals surface area contributed by atoms with Gasteiger partial charge in [0.25, 0.3) is 0 Å². The van der Waals surface area contributed by atoms with Crippen molar-refractivity contribution in [2.45, 2.75) is 18.9 Å². The molecule has 0 aliphatic heterocycles. The molecule has 3 rings (SSSR count). The molecule has 0 radical (unpaired) electrons. The van der Waals surface area contributed by atoms with Gasteiger partial charge in [0.1, 0.15) is 10.8 Å². The average Bonchev–Trinajstić information content (AvgIpc) is 2.92. The van der Waals surface area contributed by atoms with Gasteiger partial charge in [-0.25, -0.2) is 4.68 Å². The molecule has 0 amide bonds. The molecule has 2 heterocycles. The summed E-state index contributed by atoms with van der Waals surface area (Å²) in [5.41, 5.74) is 2.00. The molecule has 8 heteroatoms. The van der Waals surface area contributed by atoms with Gasteiger partial charge in [-0.1, -0.05) is 11.6 Å². The first kappa shape index (κ1) is 18.2. The number of aromatic nitrogens is 4. The Morgan fingerprint density at radius 2 is 2.00 bits per heavy atom. The van der Waals surface area contributed by atoms with Crippen molar-refractivity contribution in [3.63, 3.8) is 0 Å². The molecule has 0 spiro atoms. The van der Waals surface area contributed by atoms with Crippen LogP contribution in [0.5, 0.6) is 5.75 Å². The van der Waals surface area contributed by atoms with Crippen LogP contribution in [0.1, 0.15) is 11.4 Å². The van der Waals surface area contributed by atoms with Crippen LogP contribution in [0.25, 0.3) is 5.82 Å². The largest absolute Gasteiger partial charge is 0.492 e. The lowest BCUT2D eigenvalue weighted by Crippen LogP contribution is -2.04. The van der Waals surface area contributed by atoms with Gasteiger partial charge in [-0.05, 0) is 66.2 Å². The van der Waals surface area contributed by atoms with E-state index in [0.717, 1.165) is 38.2 Å². The summed E-state index contributed by atoms with van der Waals surface area (Å²) in [5.74, 6) is 2.26. The SMILES string of the molecule is Cc1cc(C)n(-c2ccc(SCCOc3ccc(Cl)cc3Br)nn2)n1. The molecule has 130 valence electrons. The first-order chi connectivity index (χ1) is 12.0. The van der Waals surface area contributed by atoms with Crippen molar-refractivity contribution >= 4 is 39.3 Å². The maximum atomic E-state index is 5.92. The number of rotatable bonds is 6. The van der Waals surface area contributed by atoms with E-state index >= 15 is 0 Å². The van der Waals surface area contributed by atoms with Crippen LogP contribution in [0, 0.1) is 13.8 Å². The molecule has 0 N–H and O–H groups in total. The number of aryl methyl sites for hydroxylation is 2. The molecule has 0 aliphatic rings. The minimum atomic E-state index is 0.561. The van der Waals surface area contributed by atoms with E-state index in [0.29, 0.717) is 11.6 Å². The molecule has 1 aromatic carbocycles. The summed E-state index contributed by atoms with van der Waals surface area (Å²) in [6, 6.07) is 11.3. The third kappa shape index (κ3) is 4.74. The number of hydrogen-bond acceptors (Lipinski definition) is 5. The van der Waals surface area contributed by atoms with Gasteiger partial charge >= 0.3 is 0 Å². The predicted octanol–water partition coefficient (Wildman–Crippen LogP) is 4.87. The zero-order valence-corrected chi connectivity index (χ0v) is 16.9. The van der Waals surface area contributed by atoms with Gasteiger partial charge in [0.05, 0.1) is 16.8 Å². The number of thioether (sulfide) groups is 1.